The average molecular weight is 395 g/mol. The number of nitrogens with zero attached hydrogens (tertiary/aromatic N) is 5. The van der Waals surface area contributed by atoms with E-state index in [0.717, 1.165) is 18.4 Å². The summed E-state index contributed by atoms with van der Waals surface area (Å²) in [7, 11) is 0. The number of aromatic nitrogens is 3. The molecule has 0 aliphatic carbocycles. The summed E-state index contributed by atoms with van der Waals surface area (Å²) < 4.78 is 0.433. The molecule has 1 saturated heterocycles. The summed E-state index contributed by atoms with van der Waals surface area (Å²) >= 11 is 0. The SMILES string of the molecule is O=C(O)N(Cc1ccccc1)C[C@H]1CCCN1c1nc(=O)n(O)c2ncccc12. The van der Waals surface area contributed by atoms with E-state index in [1.165, 1.54) is 11.1 Å². The van der Waals surface area contributed by atoms with Gasteiger partial charge in [0.1, 0.15) is 5.82 Å². The fraction of sp³-hybridized carbons (Fsp3) is 0.300. The third-order valence-electron chi connectivity index (χ3n) is 5.18. The predicted octanol–water partition coefficient (Wildman–Crippen LogP) is 2.18. The fourth-order valence-electron chi connectivity index (χ4n) is 3.82. The van der Waals surface area contributed by atoms with E-state index in [9.17, 15) is 19.9 Å². The molecule has 0 spiro atoms. The van der Waals surface area contributed by atoms with E-state index >= 15 is 0 Å². The topological polar surface area (TPSA) is 112 Å². The third-order valence-corrected chi connectivity index (χ3v) is 5.18. The van der Waals surface area contributed by atoms with Crippen molar-refractivity contribution in [2.24, 2.45) is 0 Å². The molecule has 1 aliphatic heterocycles. The normalized spacial score (nSPS) is 16.3. The lowest BCUT2D eigenvalue weighted by Gasteiger charge is -2.30. The fourth-order valence-corrected chi connectivity index (χ4v) is 3.82. The van der Waals surface area contributed by atoms with Gasteiger partial charge in [0.25, 0.3) is 0 Å². The quantitative estimate of drug-likeness (QED) is 0.637. The van der Waals surface area contributed by atoms with Crippen molar-refractivity contribution in [3.05, 3.63) is 64.7 Å². The molecule has 0 saturated carbocycles. The number of pyridine rings is 1. The molecule has 2 N–H and O–H groups in total. The van der Waals surface area contributed by atoms with Crippen LogP contribution in [0.25, 0.3) is 11.0 Å². The first-order valence-corrected chi connectivity index (χ1v) is 9.40. The van der Waals surface area contributed by atoms with Crippen molar-refractivity contribution in [3.8, 4) is 0 Å². The summed E-state index contributed by atoms with van der Waals surface area (Å²) in [4.78, 5) is 35.4. The standard InChI is InChI=1S/C20H21N5O4/c26-19-22-18(16-9-4-10-21-17(16)25(19)29)24-11-5-8-15(24)13-23(20(27)28)12-14-6-2-1-3-7-14/h1-4,6-7,9-10,15,29H,5,8,11-13H2,(H,27,28)/t15-/m1/s1. The molecule has 9 nitrogen and oxygen atoms in total. The number of anilines is 1. The molecule has 1 aliphatic rings. The second kappa shape index (κ2) is 7.78. The molecular weight excluding hydrogens is 374 g/mol. The number of amides is 1. The van der Waals surface area contributed by atoms with Crippen LogP contribution in [0.1, 0.15) is 18.4 Å². The Morgan fingerprint density at radius 1 is 1.21 bits per heavy atom. The molecule has 150 valence electrons. The maximum absolute atomic E-state index is 12.1. The lowest BCUT2D eigenvalue weighted by molar-refractivity contribution is 0.139. The third kappa shape index (κ3) is 3.71. The largest absolute Gasteiger partial charge is 0.465 e. The minimum atomic E-state index is -0.994. The molecule has 1 aromatic carbocycles. The van der Waals surface area contributed by atoms with Gasteiger partial charge in [-0.3, -0.25) is 0 Å². The molecule has 29 heavy (non-hydrogen) atoms. The van der Waals surface area contributed by atoms with Crippen molar-refractivity contribution >= 4 is 22.9 Å². The van der Waals surface area contributed by atoms with Gasteiger partial charge in [0.15, 0.2) is 5.65 Å². The molecule has 1 amide bonds. The van der Waals surface area contributed by atoms with Crippen LogP contribution in [0.3, 0.4) is 0 Å². The van der Waals surface area contributed by atoms with Crippen LogP contribution < -0.4 is 10.6 Å². The van der Waals surface area contributed by atoms with Crippen molar-refractivity contribution < 1.29 is 15.1 Å². The van der Waals surface area contributed by atoms with E-state index in [1.54, 1.807) is 12.1 Å². The van der Waals surface area contributed by atoms with Crippen LogP contribution in [0.15, 0.2) is 53.5 Å². The van der Waals surface area contributed by atoms with Gasteiger partial charge in [0, 0.05) is 31.9 Å². The molecule has 3 aromatic rings. The Hall–Kier alpha value is -3.62. The van der Waals surface area contributed by atoms with E-state index < -0.39 is 11.8 Å². The predicted molar refractivity (Wildman–Crippen MR) is 106 cm³/mol. The van der Waals surface area contributed by atoms with Crippen LogP contribution >= 0.6 is 0 Å². The van der Waals surface area contributed by atoms with Gasteiger partial charge in [-0.15, -0.1) is 4.73 Å². The highest BCUT2D eigenvalue weighted by atomic mass is 16.5. The van der Waals surface area contributed by atoms with Gasteiger partial charge in [-0.05, 0) is 30.5 Å². The molecule has 0 unspecified atom stereocenters. The van der Waals surface area contributed by atoms with Crippen LogP contribution in [-0.2, 0) is 6.54 Å². The number of fused-ring (bicyclic) bond motifs is 1. The van der Waals surface area contributed by atoms with Gasteiger partial charge >= 0.3 is 11.8 Å². The average Bonchev–Trinajstić information content (AvgIpc) is 3.19. The van der Waals surface area contributed by atoms with E-state index in [-0.39, 0.29) is 24.8 Å². The number of carboxylic acid groups (broad SMARTS) is 1. The van der Waals surface area contributed by atoms with Crippen molar-refractivity contribution in [1.29, 1.82) is 0 Å². The summed E-state index contributed by atoms with van der Waals surface area (Å²) in [6, 6.07) is 12.8. The second-order valence-electron chi connectivity index (χ2n) is 7.04. The highest BCUT2D eigenvalue weighted by Gasteiger charge is 2.31. The van der Waals surface area contributed by atoms with Crippen molar-refractivity contribution in [2.45, 2.75) is 25.4 Å². The zero-order chi connectivity index (χ0) is 20.4. The van der Waals surface area contributed by atoms with E-state index in [4.69, 9.17) is 0 Å². The molecule has 9 heteroatoms. The van der Waals surface area contributed by atoms with Crippen LogP contribution in [0.5, 0.6) is 0 Å². The van der Waals surface area contributed by atoms with Gasteiger partial charge in [-0.1, -0.05) is 30.3 Å². The monoisotopic (exact) mass is 395 g/mol. The van der Waals surface area contributed by atoms with Gasteiger partial charge < -0.3 is 20.1 Å². The first-order chi connectivity index (χ1) is 14.0. The smallest absolute Gasteiger partial charge is 0.407 e. The van der Waals surface area contributed by atoms with Crippen molar-refractivity contribution in [2.75, 3.05) is 18.0 Å². The number of rotatable bonds is 5. The molecule has 3 heterocycles. The maximum Gasteiger partial charge on any atom is 0.407 e. The van der Waals surface area contributed by atoms with Gasteiger partial charge in [-0.2, -0.15) is 4.98 Å². The maximum atomic E-state index is 12.1. The molecule has 2 aromatic heterocycles. The van der Waals surface area contributed by atoms with E-state index in [2.05, 4.69) is 9.97 Å². The van der Waals surface area contributed by atoms with Crippen LogP contribution in [0.4, 0.5) is 10.6 Å². The molecule has 0 radical (unpaired) electrons. The summed E-state index contributed by atoms with van der Waals surface area (Å²) in [5, 5.41) is 20.2. The van der Waals surface area contributed by atoms with E-state index in [0.29, 0.717) is 22.5 Å². The lowest BCUT2D eigenvalue weighted by atomic mass is 10.1. The zero-order valence-corrected chi connectivity index (χ0v) is 15.7. The van der Waals surface area contributed by atoms with Gasteiger partial charge in [-0.25, -0.2) is 14.6 Å². The Labute approximate surface area is 166 Å². The summed E-state index contributed by atoms with van der Waals surface area (Å²) in [6.07, 6.45) is 2.14. The number of hydrogen-bond donors (Lipinski definition) is 2. The highest BCUT2D eigenvalue weighted by Crippen LogP contribution is 2.29. The highest BCUT2D eigenvalue weighted by molar-refractivity contribution is 5.87. The van der Waals surface area contributed by atoms with Crippen LogP contribution in [0.2, 0.25) is 0 Å². The Balaban J connectivity index is 1.64. The van der Waals surface area contributed by atoms with Gasteiger partial charge in [0.2, 0.25) is 0 Å². The lowest BCUT2D eigenvalue weighted by Crippen LogP contribution is -2.43. The Morgan fingerprint density at radius 3 is 2.76 bits per heavy atom. The molecule has 1 fully saturated rings. The summed E-state index contributed by atoms with van der Waals surface area (Å²) in [5.74, 6) is 0.427. The Bertz CT molecular complexity index is 1090. The number of benzene rings is 1. The molecular formula is C20H21N5O4. The first-order valence-electron chi connectivity index (χ1n) is 9.40. The first kappa shape index (κ1) is 18.7. The van der Waals surface area contributed by atoms with Crippen LogP contribution in [-0.4, -0.2) is 55.1 Å². The molecule has 1 atom stereocenters. The van der Waals surface area contributed by atoms with Crippen LogP contribution in [0, 0.1) is 0 Å². The van der Waals surface area contributed by atoms with Gasteiger partial charge in [0.05, 0.1) is 5.39 Å². The molecule has 0 bridgehead atoms. The molecule has 4 rings (SSSR count). The summed E-state index contributed by atoms with van der Waals surface area (Å²) in [6.45, 7) is 1.22. The second-order valence-corrected chi connectivity index (χ2v) is 7.04. The Morgan fingerprint density at radius 2 is 2.00 bits per heavy atom. The van der Waals surface area contributed by atoms with E-state index in [1.807, 2.05) is 35.2 Å². The van der Waals surface area contributed by atoms with Crippen molar-refractivity contribution in [1.82, 2.24) is 19.6 Å². The minimum Gasteiger partial charge on any atom is -0.465 e. The number of hydrogen-bond acceptors (Lipinski definition) is 6. The zero-order valence-electron chi connectivity index (χ0n) is 15.7. The Kier molecular flexibility index (Phi) is 5.03. The minimum absolute atomic E-state index is 0.125. The van der Waals surface area contributed by atoms with Crippen molar-refractivity contribution in [3.63, 3.8) is 0 Å². The number of carbonyl (C=O) groups is 1. The summed E-state index contributed by atoms with van der Waals surface area (Å²) in [5.41, 5.74) is 0.235.